The highest BCUT2D eigenvalue weighted by molar-refractivity contribution is 7.09. The van der Waals surface area contributed by atoms with Gasteiger partial charge < -0.3 is 15.8 Å². The summed E-state index contributed by atoms with van der Waals surface area (Å²) in [5.74, 6) is -1.22. The Bertz CT molecular complexity index is 1100. The average molecular weight is 454 g/mol. The largest absolute Gasteiger partial charge is 0.487 e. The maximum atomic E-state index is 13.1. The molecular weight excluding hydrogens is 429 g/mol. The first-order valence-electron chi connectivity index (χ1n) is 10.0. The Hall–Kier alpha value is -3.52. The summed E-state index contributed by atoms with van der Waals surface area (Å²) in [6, 6.07) is 13.2. The van der Waals surface area contributed by atoms with Crippen LogP contribution < -0.4 is 15.8 Å². The van der Waals surface area contributed by atoms with Crippen LogP contribution in [0.5, 0.6) is 5.75 Å². The molecule has 3 N–H and O–H groups in total. The highest BCUT2D eigenvalue weighted by Gasteiger charge is 2.17. The zero-order chi connectivity index (χ0) is 22.9. The van der Waals surface area contributed by atoms with Crippen molar-refractivity contribution in [3.05, 3.63) is 87.6 Å². The van der Waals surface area contributed by atoms with Gasteiger partial charge in [0, 0.05) is 23.6 Å². The van der Waals surface area contributed by atoms with Crippen molar-refractivity contribution in [1.82, 2.24) is 10.3 Å². The molecule has 8 heteroatoms. The number of aromatic nitrogens is 1. The van der Waals surface area contributed by atoms with Crippen molar-refractivity contribution in [2.45, 2.75) is 20.0 Å². The van der Waals surface area contributed by atoms with Gasteiger partial charge in [0.15, 0.2) is 0 Å². The Balaban J connectivity index is 1.56. The predicted molar refractivity (Wildman–Crippen MR) is 122 cm³/mol. The van der Waals surface area contributed by atoms with E-state index in [4.69, 9.17) is 10.5 Å². The molecule has 2 aromatic carbocycles. The van der Waals surface area contributed by atoms with Gasteiger partial charge in [-0.15, -0.1) is 11.3 Å². The molecule has 2 amide bonds. The van der Waals surface area contributed by atoms with Crippen molar-refractivity contribution >= 4 is 29.2 Å². The van der Waals surface area contributed by atoms with E-state index in [1.54, 1.807) is 29.5 Å². The van der Waals surface area contributed by atoms with E-state index in [9.17, 15) is 14.0 Å². The standard InChI is InChI=1S/C24H24FN3O3S/c1-16-28-21(15-32-16)14-31-22-5-3-2-4-18(22)8-11-23(29)27-13-19(24(26)30)12-17-6-9-20(25)10-7-17/h2-11,15,19H,12-14H2,1H3,(H2,26,30)(H,27,29)/b11-8+. The third-order valence-corrected chi connectivity index (χ3v) is 5.52. The number of para-hydroxylation sites is 1. The number of ether oxygens (including phenoxy) is 1. The molecule has 0 aliphatic rings. The van der Waals surface area contributed by atoms with Crippen LogP contribution in [0.25, 0.3) is 6.08 Å². The Morgan fingerprint density at radius 1 is 1.22 bits per heavy atom. The average Bonchev–Trinajstić information content (AvgIpc) is 3.20. The lowest BCUT2D eigenvalue weighted by Gasteiger charge is -2.14. The third kappa shape index (κ3) is 7.02. The van der Waals surface area contributed by atoms with Crippen LogP contribution in [0.4, 0.5) is 4.39 Å². The lowest BCUT2D eigenvalue weighted by Crippen LogP contribution is -2.36. The Labute approximate surface area is 189 Å². The summed E-state index contributed by atoms with van der Waals surface area (Å²) in [6.07, 6.45) is 3.34. The molecule has 0 fully saturated rings. The molecule has 3 aromatic rings. The van der Waals surface area contributed by atoms with Crippen molar-refractivity contribution in [3.8, 4) is 5.75 Å². The Morgan fingerprint density at radius 3 is 2.66 bits per heavy atom. The van der Waals surface area contributed by atoms with Crippen molar-refractivity contribution in [2.75, 3.05) is 6.54 Å². The molecule has 166 valence electrons. The summed E-state index contributed by atoms with van der Waals surface area (Å²) in [5.41, 5.74) is 7.82. The highest BCUT2D eigenvalue weighted by Crippen LogP contribution is 2.21. The summed E-state index contributed by atoms with van der Waals surface area (Å²) >= 11 is 1.56. The van der Waals surface area contributed by atoms with Gasteiger partial charge in [0.25, 0.3) is 0 Å². The minimum atomic E-state index is -0.602. The van der Waals surface area contributed by atoms with Crippen molar-refractivity contribution in [2.24, 2.45) is 11.7 Å². The van der Waals surface area contributed by atoms with Crippen molar-refractivity contribution in [3.63, 3.8) is 0 Å². The number of nitrogens with zero attached hydrogens (tertiary/aromatic N) is 1. The first-order chi connectivity index (χ1) is 15.4. The van der Waals surface area contributed by atoms with Crippen LogP contribution in [0.3, 0.4) is 0 Å². The number of amides is 2. The minimum absolute atomic E-state index is 0.0806. The number of rotatable bonds is 10. The fraction of sp³-hybridized carbons (Fsp3) is 0.208. The van der Waals surface area contributed by atoms with Gasteiger partial charge in [-0.3, -0.25) is 9.59 Å². The lowest BCUT2D eigenvalue weighted by molar-refractivity contribution is -0.122. The molecule has 0 radical (unpaired) electrons. The van der Waals surface area contributed by atoms with E-state index in [2.05, 4.69) is 10.3 Å². The van der Waals surface area contributed by atoms with Crippen LogP contribution in [-0.2, 0) is 22.6 Å². The molecular formula is C24H24FN3O3S. The van der Waals surface area contributed by atoms with Crippen LogP contribution in [0.15, 0.2) is 60.0 Å². The van der Waals surface area contributed by atoms with E-state index in [1.165, 1.54) is 18.2 Å². The van der Waals surface area contributed by atoms with Gasteiger partial charge in [0.05, 0.1) is 16.6 Å². The molecule has 1 unspecified atom stereocenters. The van der Waals surface area contributed by atoms with Crippen LogP contribution >= 0.6 is 11.3 Å². The van der Waals surface area contributed by atoms with E-state index in [0.717, 1.165) is 21.8 Å². The molecule has 32 heavy (non-hydrogen) atoms. The van der Waals surface area contributed by atoms with Gasteiger partial charge in [0.2, 0.25) is 11.8 Å². The SMILES string of the molecule is Cc1nc(COc2ccccc2/C=C/C(=O)NCC(Cc2ccc(F)cc2)C(N)=O)cs1. The maximum Gasteiger partial charge on any atom is 0.244 e. The number of carbonyl (C=O) groups is 2. The molecule has 0 bridgehead atoms. The summed E-state index contributed by atoms with van der Waals surface area (Å²) in [4.78, 5) is 28.4. The molecule has 3 rings (SSSR count). The number of thiazole rings is 1. The summed E-state index contributed by atoms with van der Waals surface area (Å²) in [7, 11) is 0. The second-order valence-electron chi connectivity index (χ2n) is 7.19. The highest BCUT2D eigenvalue weighted by atomic mass is 32.1. The minimum Gasteiger partial charge on any atom is -0.487 e. The van der Waals surface area contributed by atoms with Gasteiger partial charge in [-0.1, -0.05) is 30.3 Å². The second kappa shape index (κ2) is 11.2. The molecule has 0 aliphatic carbocycles. The smallest absolute Gasteiger partial charge is 0.244 e. The fourth-order valence-corrected chi connectivity index (χ4v) is 3.60. The zero-order valence-electron chi connectivity index (χ0n) is 17.6. The number of hydrogen-bond acceptors (Lipinski definition) is 5. The van der Waals surface area contributed by atoms with Crippen LogP contribution in [-0.4, -0.2) is 23.3 Å². The molecule has 1 aromatic heterocycles. The van der Waals surface area contributed by atoms with Crippen LogP contribution in [0, 0.1) is 18.7 Å². The Morgan fingerprint density at radius 2 is 1.97 bits per heavy atom. The summed E-state index contributed by atoms with van der Waals surface area (Å²) in [5, 5.41) is 5.62. The van der Waals surface area contributed by atoms with Gasteiger partial charge in [-0.2, -0.15) is 0 Å². The summed E-state index contributed by atoms with van der Waals surface area (Å²) in [6.45, 7) is 2.36. The second-order valence-corrected chi connectivity index (χ2v) is 8.25. The summed E-state index contributed by atoms with van der Waals surface area (Å²) < 4.78 is 18.9. The molecule has 1 atom stereocenters. The monoisotopic (exact) mass is 453 g/mol. The number of primary amides is 1. The van der Waals surface area contributed by atoms with Crippen LogP contribution in [0.2, 0.25) is 0 Å². The third-order valence-electron chi connectivity index (χ3n) is 4.70. The van der Waals surface area contributed by atoms with E-state index in [-0.39, 0.29) is 18.3 Å². The van der Waals surface area contributed by atoms with E-state index in [1.807, 2.05) is 36.6 Å². The number of nitrogens with one attached hydrogen (secondary N) is 1. The fourth-order valence-electron chi connectivity index (χ4n) is 3.00. The number of aryl methyl sites for hydroxylation is 1. The quantitative estimate of drug-likeness (QED) is 0.458. The molecule has 0 spiro atoms. The Kier molecular flexibility index (Phi) is 8.10. The first-order valence-corrected chi connectivity index (χ1v) is 10.9. The number of benzene rings is 2. The van der Waals surface area contributed by atoms with E-state index >= 15 is 0 Å². The van der Waals surface area contributed by atoms with Gasteiger partial charge in [0.1, 0.15) is 18.2 Å². The predicted octanol–water partition coefficient (Wildman–Crippen LogP) is 3.64. The molecule has 0 saturated carbocycles. The van der Waals surface area contributed by atoms with Crippen LogP contribution in [0.1, 0.15) is 21.8 Å². The zero-order valence-corrected chi connectivity index (χ0v) is 18.4. The van der Waals surface area contributed by atoms with E-state index < -0.39 is 11.8 Å². The van der Waals surface area contributed by atoms with Gasteiger partial charge in [-0.05, 0) is 43.2 Å². The first kappa shape index (κ1) is 23.1. The van der Waals surface area contributed by atoms with Gasteiger partial charge in [-0.25, -0.2) is 9.37 Å². The molecule has 1 heterocycles. The molecule has 0 saturated heterocycles. The van der Waals surface area contributed by atoms with Gasteiger partial charge >= 0.3 is 0 Å². The van der Waals surface area contributed by atoms with E-state index in [0.29, 0.717) is 18.8 Å². The molecule has 6 nitrogen and oxygen atoms in total. The number of hydrogen-bond donors (Lipinski definition) is 2. The van der Waals surface area contributed by atoms with Crippen molar-refractivity contribution < 1.29 is 18.7 Å². The maximum absolute atomic E-state index is 13.1. The number of nitrogens with two attached hydrogens (primary N) is 1. The normalized spacial score (nSPS) is 11.9. The van der Waals surface area contributed by atoms with Crippen molar-refractivity contribution in [1.29, 1.82) is 0 Å². The lowest BCUT2D eigenvalue weighted by atomic mass is 9.98. The topological polar surface area (TPSA) is 94.3 Å². The molecule has 0 aliphatic heterocycles. The number of carbonyl (C=O) groups excluding carboxylic acids is 2. The number of halogens is 1.